The minimum absolute atomic E-state index is 0.0885. The van der Waals surface area contributed by atoms with Crippen molar-refractivity contribution in [3.63, 3.8) is 0 Å². The molecule has 0 aromatic heterocycles. The zero-order chi connectivity index (χ0) is 51.4. The summed E-state index contributed by atoms with van der Waals surface area (Å²) in [7, 11) is 0. The molecule has 404 valence electrons. The van der Waals surface area contributed by atoms with E-state index < -0.39 is 6.10 Å². The van der Waals surface area contributed by atoms with E-state index in [0.29, 0.717) is 19.3 Å². The van der Waals surface area contributed by atoms with Gasteiger partial charge in [-0.2, -0.15) is 0 Å². The molecule has 1 atom stereocenters. The minimum atomic E-state index is -0.789. The summed E-state index contributed by atoms with van der Waals surface area (Å²) in [4.78, 5) is 37.9. The number of unbranched alkanes of at least 4 members (excludes halogenated alkanes) is 23. The van der Waals surface area contributed by atoms with E-state index in [0.717, 1.165) is 122 Å². The van der Waals surface area contributed by atoms with Gasteiger partial charge < -0.3 is 14.2 Å². The zero-order valence-electron chi connectivity index (χ0n) is 46.2. The number of hydrogen-bond acceptors (Lipinski definition) is 6. The number of allylic oxidation sites excluding steroid dienone is 18. The minimum Gasteiger partial charge on any atom is -0.462 e. The molecular formula is C65H108O6. The molecule has 0 rings (SSSR count). The monoisotopic (exact) mass is 985 g/mol. The van der Waals surface area contributed by atoms with E-state index in [1.54, 1.807) is 0 Å². The average molecular weight is 986 g/mol. The van der Waals surface area contributed by atoms with E-state index in [1.165, 1.54) is 103 Å². The van der Waals surface area contributed by atoms with Gasteiger partial charge in [-0.1, -0.05) is 246 Å². The van der Waals surface area contributed by atoms with Gasteiger partial charge >= 0.3 is 17.9 Å². The van der Waals surface area contributed by atoms with Crippen LogP contribution in [0.25, 0.3) is 0 Å². The molecular weight excluding hydrogens is 877 g/mol. The smallest absolute Gasteiger partial charge is 0.306 e. The van der Waals surface area contributed by atoms with Gasteiger partial charge in [-0.15, -0.1) is 0 Å². The second kappa shape index (κ2) is 58.6. The molecule has 0 aliphatic heterocycles. The van der Waals surface area contributed by atoms with Gasteiger partial charge in [-0.25, -0.2) is 0 Å². The van der Waals surface area contributed by atoms with Gasteiger partial charge in [0.05, 0.1) is 0 Å². The Balaban J connectivity index is 4.22. The van der Waals surface area contributed by atoms with E-state index >= 15 is 0 Å². The van der Waals surface area contributed by atoms with Crippen molar-refractivity contribution in [1.29, 1.82) is 0 Å². The molecule has 0 radical (unpaired) electrons. The molecule has 0 bridgehead atoms. The number of esters is 3. The lowest BCUT2D eigenvalue weighted by atomic mass is 10.1. The SMILES string of the molecule is CC/C=C\C/C=C\C/C=C\C/C=C\C/C=C\C/C=C\C/C=C\C/C=C\CCCCCCC(=O)OCC(COC(=O)CCCCCCCC)OC(=O)CCCCCCCCC/C=C\CCCCCCCCC. The van der Waals surface area contributed by atoms with Crippen LogP contribution in [-0.2, 0) is 28.6 Å². The zero-order valence-corrected chi connectivity index (χ0v) is 46.2. The number of carbonyl (C=O) groups is 3. The summed E-state index contributed by atoms with van der Waals surface area (Å²) >= 11 is 0. The molecule has 0 aromatic carbocycles. The maximum atomic E-state index is 12.8. The molecule has 6 nitrogen and oxygen atoms in total. The lowest BCUT2D eigenvalue weighted by molar-refractivity contribution is -0.167. The molecule has 0 spiro atoms. The summed E-state index contributed by atoms with van der Waals surface area (Å²) < 4.78 is 16.7. The van der Waals surface area contributed by atoms with Crippen LogP contribution >= 0.6 is 0 Å². The van der Waals surface area contributed by atoms with E-state index in [9.17, 15) is 14.4 Å². The maximum Gasteiger partial charge on any atom is 0.306 e. The third kappa shape index (κ3) is 56.9. The molecule has 0 fully saturated rings. The largest absolute Gasteiger partial charge is 0.462 e. The van der Waals surface area contributed by atoms with E-state index in [4.69, 9.17) is 14.2 Å². The predicted octanol–water partition coefficient (Wildman–Crippen LogP) is 19.9. The predicted molar refractivity (Wildman–Crippen MR) is 307 cm³/mol. The topological polar surface area (TPSA) is 78.9 Å². The second-order valence-electron chi connectivity index (χ2n) is 19.2. The third-order valence-corrected chi connectivity index (χ3v) is 12.3. The summed E-state index contributed by atoms with van der Waals surface area (Å²) in [6.45, 7) is 6.44. The van der Waals surface area contributed by atoms with Crippen LogP contribution in [0, 0.1) is 0 Å². The highest BCUT2D eigenvalue weighted by Crippen LogP contribution is 2.14. The molecule has 0 saturated carbocycles. The standard InChI is InChI=1S/C65H108O6/c1-4-7-10-13-16-18-20-22-24-26-28-29-30-31-32-33-34-35-36-37-38-40-41-43-45-47-49-52-55-58-64(67)70-61-62(60-69-63(66)57-54-51-15-12-9-6-3)71-65(68)59-56-53-50-48-46-44-42-39-27-25-23-21-19-17-14-11-8-5-2/h7,10,16,18,22,24-25,27-29,31-32,34-35,37-38,41,43,62H,4-6,8-9,11-15,17,19-21,23,26,30,33,36,39-40,42,44-61H2,1-3H3/b10-7-,18-16-,24-22-,27-25-,29-28-,32-31-,35-34-,38-37-,43-41-. The molecule has 0 saturated heterocycles. The Hall–Kier alpha value is -3.93. The van der Waals surface area contributed by atoms with Crippen molar-refractivity contribution >= 4 is 17.9 Å². The fraction of sp³-hybridized carbons (Fsp3) is 0.677. The third-order valence-electron chi connectivity index (χ3n) is 12.3. The highest BCUT2D eigenvalue weighted by molar-refractivity contribution is 5.71. The lowest BCUT2D eigenvalue weighted by Crippen LogP contribution is -2.30. The summed E-state index contributed by atoms with van der Waals surface area (Å²) in [6, 6.07) is 0. The van der Waals surface area contributed by atoms with Crippen LogP contribution < -0.4 is 0 Å². The Morgan fingerprint density at radius 1 is 0.296 bits per heavy atom. The van der Waals surface area contributed by atoms with Crippen molar-refractivity contribution in [2.75, 3.05) is 13.2 Å². The van der Waals surface area contributed by atoms with Gasteiger partial charge in [-0.3, -0.25) is 14.4 Å². The van der Waals surface area contributed by atoms with E-state index in [1.807, 2.05) is 0 Å². The first-order valence-corrected chi connectivity index (χ1v) is 29.4. The van der Waals surface area contributed by atoms with Gasteiger partial charge in [0, 0.05) is 19.3 Å². The normalized spacial score (nSPS) is 12.9. The Morgan fingerprint density at radius 2 is 0.549 bits per heavy atom. The molecule has 0 aromatic rings. The second-order valence-corrected chi connectivity index (χ2v) is 19.2. The Kier molecular flexibility index (Phi) is 55.4. The molecule has 6 heteroatoms. The summed E-state index contributed by atoms with van der Waals surface area (Å²) in [5.41, 5.74) is 0. The Morgan fingerprint density at radius 3 is 0.873 bits per heavy atom. The van der Waals surface area contributed by atoms with Crippen LogP contribution in [0.15, 0.2) is 109 Å². The van der Waals surface area contributed by atoms with Gasteiger partial charge in [0.25, 0.3) is 0 Å². The fourth-order valence-corrected chi connectivity index (χ4v) is 7.86. The van der Waals surface area contributed by atoms with Crippen molar-refractivity contribution in [2.45, 2.75) is 271 Å². The van der Waals surface area contributed by atoms with Crippen LogP contribution in [0.3, 0.4) is 0 Å². The first-order valence-electron chi connectivity index (χ1n) is 29.4. The van der Waals surface area contributed by atoms with Gasteiger partial charge in [-0.05, 0) is 109 Å². The van der Waals surface area contributed by atoms with Crippen molar-refractivity contribution in [2.24, 2.45) is 0 Å². The molecule has 0 aliphatic rings. The number of rotatable bonds is 52. The quantitative estimate of drug-likeness (QED) is 0.0261. The van der Waals surface area contributed by atoms with Crippen LogP contribution in [-0.4, -0.2) is 37.2 Å². The highest BCUT2D eigenvalue weighted by Gasteiger charge is 2.19. The van der Waals surface area contributed by atoms with Gasteiger partial charge in [0.15, 0.2) is 6.10 Å². The van der Waals surface area contributed by atoms with Crippen LogP contribution in [0.2, 0.25) is 0 Å². The molecule has 71 heavy (non-hydrogen) atoms. The summed E-state index contributed by atoms with van der Waals surface area (Å²) in [6.07, 6.45) is 79.7. The van der Waals surface area contributed by atoms with Crippen LogP contribution in [0.4, 0.5) is 0 Å². The Bertz CT molecular complexity index is 1460. The highest BCUT2D eigenvalue weighted by atomic mass is 16.6. The Labute approximate surface area is 438 Å². The fourth-order valence-electron chi connectivity index (χ4n) is 7.86. The van der Waals surface area contributed by atoms with Gasteiger partial charge in [0.1, 0.15) is 13.2 Å². The summed E-state index contributed by atoms with van der Waals surface area (Å²) in [5, 5.41) is 0. The van der Waals surface area contributed by atoms with E-state index in [-0.39, 0.29) is 31.1 Å². The van der Waals surface area contributed by atoms with Crippen LogP contribution in [0.1, 0.15) is 265 Å². The van der Waals surface area contributed by atoms with Crippen molar-refractivity contribution < 1.29 is 28.6 Å². The van der Waals surface area contributed by atoms with E-state index in [2.05, 4.69) is 130 Å². The van der Waals surface area contributed by atoms with Crippen molar-refractivity contribution in [3.05, 3.63) is 109 Å². The number of ether oxygens (including phenoxy) is 3. The molecule has 0 heterocycles. The molecule has 0 amide bonds. The maximum absolute atomic E-state index is 12.8. The number of hydrogen-bond donors (Lipinski definition) is 0. The molecule has 1 unspecified atom stereocenters. The van der Waals surface area contributed by atoms with Crippen LogP contribution in [0.5, 0.6) is 0 Å². The van der Waals surface area contributed by atoms with Gasteiger partial charge in [0.2, 0.25) is 0 Å². The average Bonchev–Trinajstić information content (AvgIpc) is 3.37. The lowest BCUT2D eigenvalue weighted by Gasteiger charge is -2.18. The molecule has 0 aliphatic carbocycles. The first-order chi connectivity index (χ1) is 35.0. The number of carbonyl (C=O) groups excluding carboxylic acids is 3. The summed E-state index contributed by atoms with van der Waals surface area (Å²) in [5.74, 6) is -0.928. The van der Waals surface area contributed by atoms with Crippen molar-refractivity contribution in [1.82, 2.24) is 0 Å². The molecule has 0 N–H and O–H groups in total. The van der Waals surface area contributed by atoms with Crippen molar-refractivity contribution in [3.8, 4) is 0 Å². The first kappa shape index (κ1) is 67.1.